The number of rotatable bonds is 4. The fraction of sp³-hybridized carbons (Fsp3) is 0.647. The van der Waals surface area contributed by atoms with Crippen molar-refractivity contribution in [2.75, 3.05) is 20.2 Å². The summed E-state index contributed by atoms with van der Waals surface area (Å²) in [5.41, 5.74) is 1.57. The van der Waals surface area contributed by atoms with Crippen LogP contribution in [0.1, 0.15) is 39.7 Å². The van der Waals surface area contributed by atoms with E-state index in [0.29, 0.717) is 0 Å². The van der Waals surface area contributed by atoms with Crippen LogP contribution in [-0.4, -0.2) is 36.2 Å². The Labute approximate surface area is 137 Å². The molecule has 1 unspecified atom stereocenters. The van der Waals surface area contributed by atoms with Crippen LogP contribution in [0.3, 0.4) is 0 Å². The molecule has 0 aliphatic carbocycles. The molecular weight excluding hydrogens is 328 g/mol. The van der Waals surface area contributed by atoms with E-state index < -0.39 is 0 Å². The lowest BCUT2D eigenvalue weighted by Crippen LogP contribution is -2.66. The molecule has 2 rings (SSSR count). The highest BCUT2D eigenvalue weighted by Crippen LogP contribution is 2.31. The molecule has 1 aliphatic heterocycles. The van der Waals surface area contributed by atoms with E-state index in [-0.39, 0.29) is 11.1 Å². The molecule has 0 aromatic heterocycles. The first-order valence-corrected chi connectivity index (χ1v) is 8.41. The highest BCUT2D eigenvalue weighted by molar-refractivity contribution is 9.10. The molecule has 3 nitrogen and oxygen atoms in total. The number of nitrogens with zero attached hydrogens (tertiary/aromatic N) is 1. The van der Waals surface area contributed by atoms with Gasteiger partial charge in [0.05, 0.1) is 7.11 Å². The monoisotopic (exact) mass is 354 g/mol. The summed E-state index contributed by atoms with van der Waals surface area (Å²) in [6.45, 7) is 12.1. The molecule has 1 saturated heterocycles. The molecule has 1 atom stereocenters. The first-order chi connectivity index (χ1) is 9.79. The summed E-state index contributed by atoms with van der Waals surface area (Å²) >= 11 is 3.57. The fourth-order valence-corrected chi connectivity index (χ4v) is 3.22. The van der Waals surface area contributed by atoms with Crippen LogP contribution in [0.25, 0.3) is 0 Å². The number of halogens is 1. The van der Waals surface area contributed by atoms with Crippen LogP contribution >= 0.6 is 15.9 Å². The van der Waals surface area contributed by atoms with Crippen LogP contribution in [0, 0.1) is 0 Å². The summed E-state index contributed by atoms with van der Waals surface area (Å²) in [5, 5.41) is 3.71. The Kier molecular flexibility index (Phi) is 5.01. The number of nitrogens with one attached hydrogen (secondary N) is 1. The lowest BCUT2D eigenvalue weighted by molar-refractivity contribution is 0.0241. The maximum Gasteiger partial charge on any atom is 0.123 e. The fourth-order valence-electron chi connectivity index (χ4n) is 2.82. The number of piperazine rings is 1. The van der Waals surface area contributed by atoms with Gasteiger partial charge in [-0.2, -0.15) is 0 Å². The number of methoxy groups -OCH3 is 1. The smallest absolute Gasteiger partial charge is 0.123 e. The molecule has 1 aromatic rings. The van der Waals surface area contributed by atoms with E-state index in [9.17, 15) is 0 Å². The molecule has 0 amide bonds. The van der Waals surface area contributed by atoms with E-state index >= 15 is 0 Å². The Morgan fingerprint density at radius 1 is 1.33 bits per heavy atom. The van der Waals surface area contributed by atoms with Crippen molar-refractivity contribution in [3.05, 3.63) is 28.2 Å². The van der Waals surface area contributed by atoms with Crippen LogP contribution in [0.4, 0.5) is 0 Å². The minimum atomic E-state index is 0.141. The van der Waals surface area contributed by atoms with Crippen molar-refractivity contribution in [1.82, 2.24) is 10.2 Å². The topological polar surface area (TPSA) is 24.5 Å². The number of ether oxygens (including phenoxy) is 1. The molecule has 1 aliphatic rings. The summed E-state index contributed by atoms with van der Waals surface area (Å²) in [7, 11) is 1.74. The highest BCUT2D eigenvalue weighted by Gasteiger charge is 2.39. The molecule has 0 radical (unpaired) electrons. The van der Waals surface area contributed by atoms with E-state index in [2.05, 4.69) is 59.9 Å². The summed E-state index contributed by atoms with van der Waals surface area (Å²) in [5.74, 6) is 0.964. The summed E-state index contributed by atoms with van der Waals surface area (Å²) < 4.78 is 6.63. The average Bonchev–Trinajstić information content (AvgIpc) is 2.44. The maximum atomic E-state index is 5.53. The number of hydrogen-bond acceptors (Lipinski definition) is 3. The van der Waals surface area contributed by atoms with Crippen LogP contribution in [-0.2, 0) is 6.54 Å². The molecule has 0 saturated carbocycles. The SMILES string of the molecule is CCC1(C)CN(Cc2cc(Br)ccc2OC)C(C)(C)CN1. The average molecular weight is 355 g/mol. The van der Waals surface area contributed by atoms with Gasteiger partial charge in [-0.15, -0.1) is 0 Å². The van der Waals surface area contributed by atoms with Gasteiger partial charge in [0, 0.05) is 40.7 Å². The summed E-state index contributed by atoms with van der Waals surface area (Å²) in [6, 6.07) is 6.23. The van der Waals surface area contributed by atoms with Crippen molar-refractivity contribution >= 4 is 15.9 Å². The normalized spacial score (nSPS) is 25.8. The minimum Gasteiger partial charge on any atom is -0.496 e. The molecule has 1 aromatic carbocycles. The summed E-state index contributed by atoms with van der Waals surface area (Å²) in [4.78, 5) is 2.57. The van der Waals surface area contributed by atoms with Crippen molar-refractivity contribution < 1.29 is 4.74 Å². The predicted molar refractivity (Wildman–Crippen MR) is 91.9 cm³/mol. The largest absolute Gasteiger partial charge is 0.496 e. The third-order valence-corrected chi connectivity index (χ3v) is 5.22. The highest BCUT2D eigenvalue weighted by atomic mass is 79.9. The van der Waals surface area contributed by atoms with Gasteiger partial charge >= 0.3 is 0 Å². The quantitative estimate of drug-likeness (QED) is 0.889. The van der Waals surface area contributed by atoms with Crippen molar-refractivity contribution in [3.63, 3.8) is 0 Å². The second-order valence-corrected chi connectivity index (χ2v) is 7.81. The first-order valence-electron chi connectivity index (χ1n) is 7.62. The Morgan fingerprint density at radius 3 is 2.67 bits per heavy atom. The van der Waals surface area contributed by atoms with E-state index in [1.165, 1.54) is 5.56 Å². The predicted octanol–water partition coefficient (Wildman–Crippen LogP) is 3.81. The van der Waals surface area contributed by atoms with Gasteiger partial charge in [0.2, 0.25) is 0 Å². The van der Waals surface area contributed by atoms with E-state index in [4.69, 9.17) is 4.74 Å². The van der Waals surface area contributed by atoms with Crippen molar-refractivity contribution in [3.8, 4) is 5.75 Å². The molecule has 0 spiro atoms. The molecule has 21 heavy (non-hydrogen) atoms. The number of benzene rings is 1. The Hall–Kier alpha value is -0.580. The minimum absolute atomic E-state index is 0.141. The summed E-state index contributed by atoms with van der Waals surface area (Å²) in [6.07, 6.45) is 1.13. The standard InChI is InChI=1S/C17H27BrN2O/c1-6-17(4)12-20(16(2,3)11-19-17)10-13-9-14(18)7-8-15(13)21-5/h7-9,19H,6,10-12H2,1-5H3. The van der Waals surface area contributed by atoms with Crippen LogP contribution in [0.2, 0.25) is 0 Å². The third-order valence-electron chi connectivity index (χ3n) is 4.73. The first kappa shape index (κ1) is 16.8. The Balaban J connectivity index is 2.25. The van der Waals surface area contributed by atoms with Crippen LogP contribution < -0.4 is 10.1 Å². The third kappa shape index (κ3) is 3.79. The van der Waals surface area contributed by atoms with Gasteiger partial charge in [0.25, 0.3) is 0 Å². The van der Waals surface area contributed by atoms with E-state index in [0.717, 1.165) is 36.3 Å². The Bertz CT molecular complexity index is 504. The second kappa shape index (κ2) is 6.27. The zero-order valence-electron chi connectivity index (χ0n) is 13.8. The van der Waals surface area contributed by atoms with Gasteiger partial charge in [0.15, 0.2) is 0 Å². The van der Waals surface area contributed by atoms with E-state index in [1.807, 2.05) is 12.1 Å². The molecule has 1 fully saturated rings. The Morgan fingerprint density at radius 2 is 2.05 bits per heavy atom. The molecule has 4 heteroatoms. The van der Waals surface area contributed by atoms with Crippen molar-refractivity contribution in [1.29, 1.82) is 0 Å². The molecule has 1 heterocycles. The maximum absolute atomic E-state index is 5.53. The van der Waals surface area contributed by atoms with E-state index in [1.54, 1.807) is 7.11 Å². The molecule has 0 bridgehead atoms. The molecular formula is C17H27BrN2O. The van der Waals surface area contributed by atoms with Crippen LogP contribution in [0.15, 0.2) is 22.7 Å². The van der Waals surface area contributed by atoms with Gasteiger partial charge in [-0.25, -0.2) is 0 Å². The van der Waals surface area contributed by atoms with Gasteiger partial charge in [0.1, 0.15) is 5.75 Å². The van der Waals surface area contributed by atoms with Crippen molar-refractivity contribution in [2.24, 2.45) is 0 Å². The molecule has 118 valence electrons. The van der Waals surface area contributed by atoms with Gasteiger partial charge < -0.3 is 10.1 Å². The van der Waals surface area contributed by atoms with Gasteiger partial charge in [-0.3, -0.25) is 4.90 Å². The number of hydrogen-bond donors (Lipinski definition) is 1. The molecule has 1 N–H and O–H groups in total. The second-order valence-electron chi connectivity index (χ2n) is 6.89. The zero-order chi connectivity index (χ0) is 15.7. The lowest BCUT2D eigenvalue weighted by atomic mass is 9.88. The van der Waals surface area contributed by atoms with Gasteiger partial charge in [-0.05, 0) is 45.4 Å². The zero-order valence-corrected chi connectivity index (χ0v) is 15.4. The lowest BCUT2D eigenvalue weighted by Gasteiger charge is -2.51. The van der Waals surface area contributed by atoms with Crippen molar-refractivity contribution in [2.45, 2.75) is 51.7 Å². The van der Waals surface area contributed by atoms with Gasteiger partial charge in [-0.1, -0.05) is 22.9 Å². The van der Waals surface area contributed by atoms with Crippen LogP contribution in [0.5, 0.6) is 5.75 Å².